The molecule has 0 saturated carbocycles. The highest BCUT2D eigenvalue weighted by Crippen LogP contribution is 2.48. The van der Waals surface area contributed by atoms with Crippen LogP contribution in [0, 0.1) is 0 Å². The van der Waals surface area contributed by atoms with E-state index in [9.17, 15) is 13.5 Å². The van der Waals surface area contributed by atoms with E-state index in [1.54, 1.807) is 27.4 Å². The molecular formula is C29H41BrO9S. The lowest BCUT2D eigenvalue weighted by Gasteiger charge is -2.21. The van der Waals surface area contributed by atoms with Gasteiger partial charge in [0.25, 0.3) is 0 Å². The molecule has 1 saturated heterocycles. The summed E-state index contributed by atoms with van der Waals surface area (Å²) in [6, 6.07) is 7.17. The summed E-state index contributed by atoms with van der Waals surface area (Å²) in [5.41, 5.74) is 1.55. The Hall–Kier alpha value is -2.21. The first-order valence-electron chi connectivity index (χ1n) is 13.5. The van der Waals surface area contributed by atoms with Crippen molar-refractivity contribution in [3.05, 3.63) is 35.4 Å². The minimum Gasteiger partial charge on any atom is -0.493 e. The number of alkyl halides is 1. The fraction of sp³-hybridized carbons (Fsp3) is 0.586. The normalized spacial score (nSPS) is 17.9. The molecule has 1 N–H and O–H groups in total. The lowest BCUT2D eigenvalue weighted by Crippen LogP contribution is -2.19. The van der Waals surface area contributed by atoms with Crippen molar-refractivity contribution in [1.82, 2.24) is 0 Å². The van der Waals surface area contributed by atoms with Crippen molar-refractivity contribution in [2.75, 3.05) is 45.6 Å². The molecule has 0 amide bonds. The highest BCUT2D eigenvalue weighted by molar-refractivity contribution is 9.09. The molecule has 0 aliphatic carbocycles. The van der Waals surface area contributed by atoms with Crippen LogP contribution in [0.3, 0.4) is 0 Å². The second-order valence-corrected chi connectivity index (χ2v) is 12.5. The van der Waals surface area contributed by atoms with Gasteiger partial charge >= 0.3 is 0 Å². The van der Waals surface area contributed by atoms with E-state index in [4.69, 9.17) is 28.4 Å². The third-order valence-electron chi connectivity index (χ3n) is 6.53. The van der Waals surface area contributed by atoms with Crippen molar-refractivity contribution in [3.63, 3.8) is 0 Å². The van der Waals surface area contributed by atoms with Crippen LogP contribution in [0.5, 0.6) is 28.7 Å². The van der Waals surface area contributed by atoms with E-state index in [2.05, 4.69) is 15.9 Å². The summed E-state index contributed by atoms with van der Waals surface area (Å²) in [4.78, 5) is 0.00896. The van der Waals surface area contributed by atoms with E-state index in [0.29, 0.717) is 61.0 Å². The average Bonchev–Trinajstić information content (AvgIpc) is 3.43. The molecule has 1 fully saturated rings. The minimum absolute atomic E-state index is 0.00896. The van der Waals surface area contributed by atoms with Gasteiger partial charge in [-0.25, -0.2) is 8.42 Å². The van der Waals surface area contributed by atoms with E-state index in [-0.39, 0.29) is 22.9 Å². The second-order valence-electron chi connectivity index (χ2n) is 9.72. The molecule has 1 heterocycles. The van der Waals surface area contributed by atoms with E-state index >= 15 is 0 Å². The standard InChI is InChI=1S/C29H41BrO9S/c1-6-12-38-29-26(37-13-8-7-11-30)16-21(17-27(29)40(32,33)18-19(2)31)23-10-9-22(39-23)20-14-24(34-3)28(36-5)25(15-20)35-4/h14-17,19,22-23,31H,6-13,18H2,1-5H3/t19?,22-,23-/m1/s1. The molecule has 0 spiro atoms. The summed E-state index contributed by atoms with van der Waals surface area (Å²) in [5, 5.41) is 10.8. The number of hydrogen-bond donors (Lipinski definition) is 1. The molecule has 1 aliphatic rings. The van der Waals surface area contributed by atoms with Crippen LogP contribution < -0.4 is 23.7 Å². The van der Waals surface area contributed by atoms with E-state index in [1.165, 1.54) is 6.92 Å². The summed E-state index contributed by atoms with van der Waals surface area (Å²) in [6.45, 7) is 4.14. The van der Waals surface area contributed by atoms with Gasteiger partial charge < -0.3 is 33.5 Å². The Balaban J connectivity index is 2.02. The number of halogens is 1. The number of rotatable bonds is 16. The average molecular weight is 646 g/mol. The van der Waals surface area contributed by atoms with Crippen LogP contribution in [-0.2, 0) is 14.6 Å². The molecule has 224 valence electrons. The van der Waals surface area contributed by atoms with Crippen LogP contribution in [0.4, 0.5) is 0 Å². The molecule has 40 heavy (non-hydrogen) atoms. The molecule has 11 heteroatoms. The summed E-state index contributed by atoms with van der Waals surface area (Å²) in [7, 11) is 0.799. The van der Waals surface area contributed by atoms with Crippen molar-refractivity contribution in [2.45, 2.75) is 69.2 Å². The molecule has 9 nitrogen and oxygen atoms in total. The molecule has 3 atom stereocenters. The highest BCUT2D eigenvalue weighted by Gasteiger charge is 2.33. The third kappa shape index (κ3) is 7.96. The van der Waals surface area contributed by atoms with Crippen LogP contribution in [0.15, 0.2) is 29.2 Å². The van der Waals surface area contributed by atoms with Gasteiger partial charge in [-0.1, -0.05) is 22.9 Å². The molecular weight excluding hydrogens is 604 g/mol. The second kappa shape index (κ2) is 15.1. The van der Waals surface area contributed by atoms with E-state index < -0.39 is 21.7 Å². The summed E-state index contributed by atoms with van der Waals surface area (Å²) in [5.74, 6) is 1.69. The third-order valence-corrected chi connectivity index (χ3v) is 8.98. The Bertz CT molecular complexity index is 1190. The van der Waals surface area contributed by atoms with Crippen molar-refractivity contribution < 1.29 is 41.9 Å². The molecule has 0 radical (unpaired) electrons. The first-order valence-corrected chi connectivity index (χ1v) is 16.3. The van der Waals surface area contributed by atoms with Gasteiger partial charge in [-0.3, -0.25) is 0 Å². The maximum absolute atomic E-state index is 13.4. The van der Waals surface area contributed by atoms with Gasteiger partial charge in [0.15, 0.2) is 32.8 Å². The summed E-state index contributed by atoms with van der Waals surface area (Å²) < 4.78 is 61.8. The number of benzene rings is 2. The SMILES string of the molecule is CCCOc1c(OCCCCBr)cc([C@H]2CC[C@H](c3cc(OC)c(OC)c(OC)c3)O2)cc1S(=O)(=O)CC(C)O. The highest BCUT2D eigenvalue weighted by atomic mass is 79.9. The first kappa shape index (κ1) is 32.3. The van der Waals surface area contributed by atoms with Gasteiger partial charge in [0.2, 0.25) is 5.75 Å². The smallest absolute Gasteiger partial charge is 0.203 e. The number of aliphatic hydroxyl groups excluding tert-OH is 1. The Kier molecular flexibility index (Phi) is 12.2. The van der Waals surface area contributed by atoms with Crippen molar-refractivity contribution in [1.29, 1.82) is 0 Å². The predicted molar refractivity (Wildman–Crippen MR) is 156 cm³/mol. The van der Waals surface area contributed by atoms with Gasteiger partial charge in [-0.2, -0.15) is 0 Å². The van der Waals surface area contributed by atoms with Crippen LogP contribution in [0.2, 0.25) is 0 Å². The number of aliphatic hydroxyl groups is 1. The van der Waals surface area contributed by atoms with Gasteiger partial charge in [0.1, 0.15) is 4.90 Å². The fourth-order valence-electron chi connectivity index (χ4n) is 4.67. The lowest BCUT2D eigenvalue weighted by molar-refractivity contribution is 0.0434. The Morgan fingerprint density at radius 2 is 1.50 bits per heavy atom. The number of hydrogen-bond acceptors (Lipinski definition) is 9. The van der Waals surface area contributed by atoms with Crippen LogP contribution in [0.25, 0.3) is 0 Å². The zero-order chi connectivity index (χ0) is 29.3. The molecule has 1 aliphatic heterocycles. The molecule has 3 rings (SSSR count). The number of ether oxygens (including phenoxy) is 6. The Morgan fingerprint density at radius 1 is 0.900 bits per heavy atom. The molecule has 2 aromatic carbocycles. The van der Waals surface area contributed by atoms with E-state index in [1.807, 2.05) is 25.1 Å². The van der Waals surface area contributed by atoms with Crippen LogP contribution >= 0.6 is 15.9 Å². The first-order chi connectivity index (χ1) is 19.2. The van der Waals surface area contributed by atoms with Crippen LogP contribution in [-0.4, -0.2) is 65.3 Å². The number of unbranched alkanes of at least 4 members (excludes halogenated alkanes) is 1. The number of sulfone groups is 1. The predicted octanol–water partition coefficient (Wildman–Crippen LogP) is 5.80. The summed E-state index contributed by atoms with van der Waals surface area (Å²) >= 11 is 3.43. The quantitative estimate of drug-likeness (QED) is 0.179. The van der Waals surface area contributed by atoms with E-state index in [0.717, 1.165) is 23.7 Å². The van der Waals surface area contributed by atoms with Gasteiger partial charge in [-0.05, 0) is 74.4 Å². The maximum Gasteiger partial charge on any atom is 0.203 e. The largest absolute Gasteiger partial charge is 0.493 e. The van der Waals surface area contributed by atoms with Crippen molar-refractivity contribution in [3.8, 4) is 28.7 Å². The van der Waals surface area contributed by atoms with Crippen molar-refractivity contribution >= 4 is 25.8 Å². The number of methoxy groups -OCH3 is 3. The molecule has 0 bridgehead atoms. The Labute approximate surface area is 246 Å². The van der Waals surface area contributed by atoms with Crippen molar-refractivity contribution in [2.24, 2.45) is 0 Å². The molecule has 1 unspecified atom stereocenters. The monoisotopic (exact) mass is 644 g/mol. The van der Waals surface area contributed by atoms with Crippen LogP contribution in [0.1, 0.15) is 69.3 Å². The lowest BCUT2D eigenvalue weighted by atomic mass is 10.0. The van der Waals surface area contributed by atoms with Gasteiger partial charge in [0, 0.05) is 5.33 Å². The zero-order valence-electron chi connectivity index (χ0n) is 23.9. The molecule has 2 aromatic rings. The van der Waals surface area contributed by atoms with Gasteiger partial charge in [-0.15, -0.1) is 0 Å². The molecule has 0 aromatic heterocycles. The fourth-order valence-corrected chi connectivity index (χ4v) is 6.64. The minimum atomic E-state index is -3.89. The van der Waals surface area contributed by atoms with Gasteiger partial charge in [0.05, 0.1) is 58.6 Å². The summed E-state index contributed by atoms with van der Waals surface area (Å²) in [6.07, 6.45) is 2.09. The Morgan fingerprint density at radius 3 is 2.02 bits per heavy atom. The maximum atomic E-state index is 13.4. The zero-order valence-corrected chi connectivity index (χ0v) is 26.3. The topological polar surface area (TPSA) is 110 Å².